The molecule has 0 saturated carbocycles. The van der Waals surface area contributed by atoms with E-state index in [1.807, 2.05) is 17.0 Å². The SMILES string of the molecule is Cn1nc(C#N)nc1-c1nc(N2CCN(C(=O)N3N=CCC3c3cc(F)cc(C#N)c3)CC2)ncc1F. The predicted molar refractivity (Wildman–Crippen MR) is 125 cm³/mol. The molecule has 1 unspecified atom stereocenters. The molecule has 37 heavy (non-hydrogen) atoms. The Kier molecular flexibility index (Phi) is 6.15. The van der Waals surface area contributed by atoms with Gasteiger partial charge in [-0.15, -0.1) is 5.10 Å². The largest absolute Gasteiger partial charge is 0.341 e. The van der Waals surface area contributed by atoms with Crippen LogP contribution in [0.5, 0.6) is 0 Å². The lowest BCUT2D eigenvalue weighted by molar-refractivity contribution is 0.139. The van der Waals surface area contributed by atoms with Crippen molar-refractivity contribution >= 4 is 18.2 Å². The minimum absolute atomic E-state index is 0.0823. The number of amides is 2. The quantitative estimate of drug-likeness (QED) is 0.528. The maximum absolute atomic E-state index is 14.5. The van der Waals surface area contributed by atoms with Crippen LogP contribution in [0.3, 0.4) is 0 Å². The molecule has 5 rings (SSSR count). The number of aryl methyl sites for hydroxylation is 1. The van der Waals surface area contributed by atoms with Gasteiger partial charge in [-0.2, -0.15) is 20.6 Å². The summed E-state index contributed by atoms with van der Waals surface area (Å²) in [5.41, 5.74) is 0.587. The van der Waals surface area contributed by atoms with Gasteiger partial charge in [0, 0.05) is 45.9 Å². The fourth-order valence-corrected chi connectivity index (χ4v) is 4.29. The monoisotopic (exact) mass is 503 g/mol. The Bertz CT molecular complexity index is 1480. The molecule has 3 aromatic rings. The number of benzene rings is 1. The molecule has 0 N–H and O–H groups in total. The number of anilines is 1. The van der Waals surface area contributed by atoms with Gasteiger partial charge in [0.2, 0.25) is 5.95 Å². The fourth-order valence-electron chi connectivity index (χ4n) is 4.29. The summed E-state index contributed by atoms with van der Waals surface area (Å²) in [6.45, 7) is 1.39. The van der Waals surface area contributed by atoms with Crippen LogP contribution in [0.2, 0.25) is 0 Å². The van der Waals surface area contributed by atoms with Crippen LogP contribution in [-0.2, 0) is 7.05 Å². The van der Waals surface area contributed by atoms with E-state index in [-0.39, 0.29) is 34.9 Å². The average Bonchev–Trinajstić information content (AvgIpc) is 3.55. The number of aromatic nitrogens is 5. The van der Waals surface area contributed by atoms with E-state index in [2.05, 4.69) is 25.2 Å². The normalized spacial score (nSPS) is 17.1. The molecule has 0 spiro atoms. The number of carbonyl (C=O) groups is 1. The summed E-state index contributed by atoms with van der Waals surface area (Å²) in [6, 6.07) is 6.88. The van der Waals surface area contributed by atoms with Gasteiger partial charge in [0.25, 0.3) is 5.82 Å². The topological polar surface area (TPSA) is 143 Å². The van der Waals surface area contributed by atoms with E-state index in [1.54, 1.807) is 17.2 Å². The Balaban J connectivity index is 1.29. The standard InChI is InChI=1S/C23H19F2N11O/c1-33-21(30-19(12-27)32-33)20-17(25)13-28-22(31-20)34-4-6-35(7-5-34)23(37)36-18(2-3-29-36)15-8-14(11-26)9-16(24)10-15/h3,8-10,13,18H,2,4-7H2,1H3. The number of urea groups is 1. The summed E-state index contributed by atoms with van der Waals surface area (Å²) in [7, 11) is 1.54. The zero-order valence-electron chi connectivity index (χ0n) is 19.6. The molecule has 12 nitrogen and oxygen atoms in total. The average molecular weight is 503 g/mol. The van der Waals surface area contributed by atoms with Crippen molar-refractivity contribution in [2.45, 2.75) is 12.5 Å². The van der Waals surface area contributed by atoms with Gasteiger partial charge in [0.1, 0.15) is 17.6 Å². The molecule has 1 fully saturated rings. The first-order valence-corrected chi connectivity index (χ1v) is 11.3. The second kappa shape index (κ2) is 9.58. The van der Waals surface area contributed by atoms with E-state index in [0.717, 1.165) is 12.3 Å². The van der Waals surface area contributed by atoms with Crippen molar-refractivity contribution in [1.82, 2.24) is 34.6 Å². The molecule has 4 heterocycles. The maximum atomic E-state index is 14.5. The molecule has 2 amide bonds. The van der Waals surface area contributed by atoms with E-state index in [9.17, 15) is 13.6 Å². The molecule has 1 atom stereocenters. The van der Waals surface area contributed by atoms with E-state index in [4.69, 9.17) is 10.5 Å². The summed E-state index contributed by atoms with van der Waals surface area (Å²) < 4.78 is 29.7. The van der Waals surface area contributed by atoms with E-state index >= 15 is 0 Å². The molecule has 0 bridgehead atoms. The maximum Gasteiger partial charge on any atom is 0.341 e. The molecule has 2 aliphatic rings. The number of hydrogen-bond donors (Lipinski definition) is 0. The summed E-state index contributed by atoms with van der Waals surface area (Å²) >= 11 is 0. The smallest absolute Gasteiger partial charge is 0.337 e. The van der Waals surface area contributed by atoms with Gasteiger partial charge in [0.15, 0.2) is 11.6 Å². The van der Waals surface area contributed by atoms with Gasteiger partial charge in [-0.3, -0.25) is 0 Å². The summed E-state index contributed by atoms with van der Waals surface area (Å²) in [4.78, 5) is 29.1. The van der Waals surface area contributed by atoms with Crippen LogP contribution in [0, 0.1) is 34.3 Å². The van der Waals surface area contributed by atoms with Gasteiger partial charge >= 0.3 is 6.03 Å². The highest BCUT2D eigenvalue weighted by Crippen LogP contribution is 2.31. The number of hydrogen-bond acceptors (Lipinski definition) is 9. The number of rotatable bonds is 3. The number of nitrogens with zero attached hydrogens (tertiary/aromatic N) is 11. The van der Waals surface area contributed by atoms with E-state index in [1.165, 1.54) is 22.8 Å². The first kappa shape index (κ1) is 23.7. The molecule has 1 aromatic carbocycles. The molecular formula is C23H19F2N11O. The van der Waals surface area contributed by atoms with Crippen LogP contribution in [0.4, 0.5) is 19.5 Å². The van der Waals surface area contributed by atoms with Gasteiger partial charge < -0.3 is 9.80 Å². The van der Waals surface area contributed by atoms with Crippen LogP contribution in [0.15, 0.2) is 29.5 Å². The zero-order valence-corrected chi connectivity index (χ0v) is 19.6. The Morgan fingerprint density at radius 3 is 2.57 bits per heavy atom. The lowest BCUT2D eigenvalue weighted by atomic mass is 10.0. The van der Waals surface area contributed by atoms with Gasteiger partial charge in [-0.1, -0.05) is 0 Å². The van der Waals surface area contributed by atoms with Gasteiger partial charge in [-0.05, 0) is 23.8 Å². The lowest BCUT2D eigenvalue weighted by Gasteiger charge is -2.37. The highest BCUT2D eigenvalue weighted by atomic mass is 19.1. The number of carbonyl (C=O) groups excluding carboxylic acids is 1. The second-order valence-corrected chi connectivity index (χ2v) is 8.40. The summed E-state index contributed by atoms with van der Waals surface area (Å²) in [5, 5.41) is 27.6. The number of piperazine rings is 1. The van der Waals surface area contributed by atoms with E-state index in [0.29, 0.717) is 38.2 Å². The minimum Gasteiger partial charge on any atom is -0.337 e. The second-order valence-electron chi connectivity index (χ2n) is 8.40. The molecule has 14 heteroatoms. The van der Waals surface area contributed by atoms with Crippen LogP contribution in [0.1, 0.15) is 29.4 Å². The van der Waals surface area contributed by atoms with Crippen LogP contribution in [-0.4, -0.2) is 73.1 Å². The minimum atomic E-state index is -0.701. The third-order valence-corrected chi connectivity index (χ3v) is 6.10. The number of halogens is 2. The predicted octanol–water partition coefficient (Wildman–Crippen LogP) is 1.97. The highest BCUT2D eigenvalue weighted by Gasteiger charge is 2.34. The lowest BCUT2D eigenvalue weighted by Crippen LogP contribution is -2.52. The molecule has 2 aromatic heterocycles. The summed E-state index contributed by atoms with van der Waals surface area (Å²) in [6.07, 6.45) is 3.03. The third-order valence-electron chi connectivity index (χ3n) is 6.10. The van der Waals surface area contributed by atoms with Crippen LogP contribution < -0.4 is 4.90 Å². The van der Waals surface area contributed by atoms with Crippen molar-refractivity contribution in [2.24, 2.45) is 12.1 Å². The van der Waals surface area contributed by atoms with Crippen molar-refractivity contribution < 1.29 is 13.6 Å². The Labute approximate surface area is 209 Å². The Morgan fingerprint density at radius 2 is 1.86 bits per heavy atom. The molecule has 0 aliphatic carbocycles. The first-order chi connectivity index (χ1) is 17.9. The van der Waals surface area contributed by atoms with Crippen molar-refractivity contribution in [1.29, 1.82) is 10.5 Å². The van der Waals surface area contributed by atoms with Crippen LogP contribution >= 0.6 is 0 Å². The fraction of sp³-hybridized carbons (Fsp3) is 0.304. The molecule has 2 aliphatic heterocycles. The van der Waals surface area contributed by atoms with Crippen molar-refractivity contribution in [3.8, 4) is 23.7 Å². The first-order valence-electron chi connectivity index (χ1n) is 11.3. The Hall–Kier alpha value is -4.98. The summed E-state index contributed by atoms with van der Waals surface area (Å²) in [5.74, 6) is -1.00. The van der Waals surface area contributed by atoms with Crippen LogP contribution in [0.25, 0.3) is 11.5 Å². The van der Waals surface area contributed by atoms with Crippen molar-refractivity contribution in [3.63, 3.8) is 0 Å². The highest BCUT2D eigenvalue weighted by molar-refractivity contribution is 5.79. The van der Waals surface area contributed by atoms with Crippen molar-refractivity contribution in [2.75, 3.05) is 31.1 Å². The zero-order chi connectivity index (χ0) is 26.1. The molecule has 186 valence electrons. The molecular weight excluding hydrogens is 484 g/mol. The van der Waals surface area contributed by atoms with E-state index < -0.39 is 17.7 Å². The number of nitriles is 2. The third kappa shape index (κ3) is 4.52. The molecule has 1 saturated heterocycles. The van der Waals surface area contributed by atoms with Gasteiger partial charge in [0.05, 0.1) is 23.9 Å². The number of hydrazone groups is 1. The Morgan fingerprint density at radius 1 is 1.08 bits per heavy atom. The molecule has 0 radical (unpaired) electrons. The van der Waals surface area contributed by atoms with Crippen molar-refractivity contribution in [3.05, 3.63) is 53.0 Å². The van der Waals surface area contributed by atoms with Gasteiger partial charge in [-0.25, -0.2) is 33.2 Å².